The van der Waals surface area contributed by atoms with Gasteiger partial charge in [-0.1, -0.05) is 12.1 Å². The quantitative estimate of drug-likeness (QED) is 0.628. The first kappa shape index (κ1) is 19.5. The summed E-state index contributed by atoms with van der Waals surface area (Å²) in [4.78, 5) is 36.7. The molecule has 2 N–H and O–H groups in total. The highest BCUT2D eigenvalue weighted by atomic mass is 32.1. The second-order valence-electron chi connectivity index (χ2n) is 7.36. The summed E-state index contributed by atoms with van der Waals surface area (Å²) < 4.78 is 0. The van der Waals surface area contributed by atoms with Crippen LogP contribution in [0.1, 0.15) is 39.8 Å². The third-order valence-electron chi connectivity index (χ3n) is 5.14. The van der Waals surface area contributed by atoms with E-state index in [1.165, 1.54) is 24.6 Å². The largest absolute Gasteiger partial charge is 0.349 e. The lowest BCUT2D eigenvalue weighted by molar-refractivity contribution is 0.0920. The maximum atomic E-state index is 12.7. The van der Waals surface area contributed by atoms with Crippen LogP contribution in [0.3, 0.4) is 0 Å². The number of hydrogen-bond donors (Lipinski definition) is 2. The molecule has 1 aromatic carbocycles. The summed E-state index contributed by atoms with van der Waals surface area (Å²) in [5.41, 5.74) is 1.39. The third kappa shape index (κ3) is 4.44. The Morgan fingerprint density at radius 3 is 2.72 bits per heavy atom. The molecular weight excluding hydrogens is 386 g/mol. The number of rotatable bonds is 5. The summed E-state index contributed by atoms with van der Waals surface area (Å²) in [7, 11) is 2.10. The fourth-order valence-corrected chi connectivity index (χ4v) is 4.33. The molecule has 0 aliphatic carbocycles. The van der Waals surface area contributed by atoms with Crippen LogP contribution in [0.15, 0.2) is 36.7 Å². The van der Waals surface area contributed by atoms with Crippen LogP contribution in [0.4, 0.5) is 11.5 Å². The topological polar surface area (TPSA) is 87.2 Å². The molecule has 4 rings (SSSR count). The molecule has 1 aliphatic rings. The standard InChI is InChI=1S/C21H23N5O2S/c1-13(27)14-4-3-5-16(10-14)24-19-17-11-18(29-21(17)23-12-22-19)20(28)25-15-6-8-26(2)9-7-15/h3-5,10-12,15H,6-9H2,1-2H3,(H,25,28)(H,22,23,24). The molecule has 29 heavy (non-hydrogen) atoms. The normalized spacial score (nSPS) is 15.4. The number of carbonyl (C=O) groups is 2. The number of likely N-dealkylation sites (tertiary alicyclic amines) is 1. The van der Waals surface area contributed by atoms with Gasteiger partial charge < -0.3 is 15.5 Å². The zero-order chi connectivity index (χ0) is 20.4. The molecule has 0 bridgehead atoms. The van der Waals surface area contributed by atoms with Crippen molar-refractivity contribution in [2.45, 2.75) is 25.8 Å². The molecule has 1 amide bonds. The monoisotopic (exact) mass is 409 g/mol. The third-order valence-corrected chi connectivity index (χ3v) is 6.18. The van der Waals surface area contributed by atoms with Gasteiger partial charge in [0.25, 0.3) is 5.91 Å². The van der Waals surface area contributed by atoms with Gasteiger partial charge in [0.15, 0.2) is 5.78 Å². The Hall–Kier alpha value is -2.84. The summed E-state index contributed by atoms with van der Waals surface area (Å²) in [6, 6.07) is 9.31. The minimum atomic E-state index is -0.0629. The van der Waals surface area contributed by atoms with Gasteiger partial charge in [0.1, 0.15) is 17.0 Å². The lowest BCUT2D eigenvalue weighted by Gasteiger charge is -2.29. The van der Waals surface area contributed by atoms with Crippen LogP contribution in [0.5, 0.6) is 0 Å². The molecule has 2 aromatic heterocycles. The van der Waals surface area contributed by atoms with Gasteiger partial charge in [-0.25, -0.2) is 9.97 Å². The minimum Gasteiger partial charge on any atom is -0.349 e. The molecule has 1 fully saturated rings. The van der Waals surface area contributed by atoms with E-state index in [1.807, 2.05) is 18.2 Å². The van der Waals surface area contributed by atoms with Crippen molar-refractivity contribution < 1.29 is 9.59 Å². The molecule has 0 unspecified atom stereocenters. The number of nitrogens with one attached hydrogen (secondary N) is 2. The maximum absolute atomic E-state index is 12.7. The number of carbonyl (C=O) groups excluding carboxylic acids is 2. The SMILES string of the molecule is CC(=O)c1cccc(Nc2ncnc3sc(C(=O)NC4CCN(C)CC4)cc23)c1. The summed E-state index contributed by atoms with van der Waals surface area (Å²) >= 11 is 1.36. The average molecular weight is 410 g/mol. The average Bonchev–Trinajstić information content (AvgIpc) is 3.15. The van der Waals surface area contributed by atoms with Crippen molar-refractivity contribution in [3.05, 3.63) is 47.1 Å². The number of Topliss-reactive ketones (excluding diaryl/α,β-unsaturated/α-hetero) is 1. The van der Waals surface area contributed by atoms with Gasteiger partial charge in [0.2, 0.25) is 0 Å². The first-order valence-electron chi connectivity index (χ1n) is 9.61. The van der Waals surface area contributed by atoms with Gasteiger partial charge in [-0.15, -0.1) is 11.3 Å². The number of benzene rings is 1. The van der Waals surface area contributed by atoms with Crippen molar-refractivity contribution in [1.82, 2.24) is 20.2 Å². The molecule has 7 nitrogen and oxygen atoms in total. The molecule has 8 heteroatoms. The smallest absolute Gasteiger partial charge is 0.261 e. The first-order chi connectivity index (χ1) is 14.0. The van der Waals surface area contributed by atoms with Crippen LogP contribution >= 0.6 is 11.3 Å². The highest BCUT2D eigenvalue weighted by molar-refractivity contribution is 7.20. The van der Waals surface area contributed by atoms with E-state index in [2.05, 4.69) is 32.5 Å². The van der Waals surface area contributed by atoms with Crippen LogP contribution in [-0.2, 0) is 0 Å². The number of ketones is 1. The van der Waals surface area contributed by atoms with Gasteiger partial charge in [0.05, 0.1) is 10.3 Å². The van der Waals surface area contributed by atoms with Gasteiger partial charge in [-0.05, 0) is 58.1 Å². The van der Waals surface area contributed by atoms with Crippen LogP contribution < -0.4 is 10.6 Å². The molecule has 3 heterocycles. The molecule has 0 saturated carbocycles. The predicted molar refractivity (Wildman–Crippen MR) is 115 cm³/mol. The van der Waals surface area contributed by atoms with E-state index in [-0.39, 0.29) is 17.7 Å². The van der Waals surface area contributed by atoms with Crippen molar-refractivity contribution in [3.8, 4) is 0 Å². The van der Waals surface area contributed by atoms with Crippen molar-refractivity contribution in [2.75, 3.05) is 25.5 Å². The van der Waals surface area contributed by atoms with E-state index in [0.717, 1.165) is 41.8 Å². The van der Waals surface area contributed by atoms with Gasteiger partial charge in [0, 0.05) is 17.3 Å². The van der Waals surface area contributed by atoms with Crippen molar-refractivity contribution in [1.29, 1.82) is 0 Å². The molecular formula is C21H23N5O2S. The van der Waals surface area contributed by atoms with Crippen LogP contribution in [-0.4, -0.2) is 52.7 Å². The predicted octanol–water partition coefficient (Wildman–Crippen LogP) is 3.46. The first-order valence-corrected chi connectivity index (χ1v) is 10.4. The van der Waals surface area contributed by atoms with E-state index in [0.29, 0.717) is 16.3 Å². The maximum Gasteiger partial charge on any atom is 0.261 e. The number of piperidine rings is 1. The van der Waals surface area contributed by atoms with E-state index in [1.54, 1.807) is 12.1 Å². The van der Waals surface area contributed by atoms with Gasteiger partial charge in [-0.2, -0.15) is 0 Å². The zero-order valence-electron chi connectivity index (χ0n) is 16.4. The van der Waals surface area contributed by atoms with E-state index < -0.39 is 0 Å². The Morgan fingerprint density at radius 1 is 1.17 bits per heavy atom. The summed E-state index contributed by atoms with van der Waals surface area (Å²) in [5.74, 6) is 0.558. The van der Waals surface area contributed by atoms with Crippen LogP contribution in [0.25, 0.3) is 10.2 Å². The zero-order valence-corrected chi connectivity index (χ0v) is 17.3. The Balaban J connectivity index is 1.54. The lowest BCUT2D eigenvalue weighted by Crippen LogP contribution is -2.43. The number of hydrogen-bond acceptors (Lipinski definition) is 7. The number of aromatic nitrogens is 2. The molecule has 150 valence electrons. The lowest BCUT2D eigenvalue weighted by atomic mass is 10.1. The van der Waals surface area contributed by atoms with Gasteiger partial charge >= 0.3 is 0 Å². The number of fused-ring (bicyclic) bond motifs is 1. The fraction of sp³-hybridized carbons (Fsp3) is 0.333. The number of thiophene rings is 1. The van der Waals surface area contributed by atoms with Crippen molar-refractivity contribution in [3.63, 3.8) is 0 Å². The molecule has 0 radical (unpaired) electrons. The van der Waals surface area contributed by atoms with Crippen LogP contribution in [0.2, 0.25) is 0 Å². The number of anilines is 2. The molecule has 3 aromatic rings. The Morgan fingerprint density at radius 2 is 1.97 bits per heavy atom. The minimum absolute atomic E-state index is 0.00452. The van der Waals surface area contributed by atoms with Gasteiger partial charge in [-0.3, -0.25) is 9.59 Å². The van der Waals surface area contributed by atoms with E-state index in [4.69, 9.17) is 0 Å². The Labute approximate surface area is 173 Å². The van der Waals surface area contributed by atoms with Crippen LogP contribution in [0, 0.1) is 0 Å². The Kier molecular flexibility index (Phi) is 5.55. The highest BCUT2D eigenvalue weighted by Crippen LogP contribution is 2.30. The van der Waals surface area contributed by atoms with Crippen molar-refractivity contribution in [2.24, 2.45) is 0 Å². The molecule has 1 saturated heterocycles. The molecule has 1 aliphatic heterocycles. The summed E-state index contributed by atoms with van der Waals surface area (Å²) in [5, 5.41) is 7.18. The summed E-state index contributed by atoms with van der Waals surface area (Å²) in [6.45, 7) is 3.53. The van der Waals surface area contributed by atoms with Crippen molar-refractivity contribution >= 4 is 44.7 Å². The number of nitrogens with zero attached hydrogens (tertiary/aromatic N) is 3. The molecule has 0 atom stereocenters. The highest BCUT2D eigenvalue weighted by Gasteiger charge is 2.21. The number of amides is 1. The van der Waals surface area contributed by atoms with E-state index >= 15 is 0 Å². The van der Waals surface area contributed by atoms with E-state index in [9.17, 15) is 9.59 Å². The second-order valence-corrected chi connectivity index (χ2v) is 8.40. The summed E-state index contributed by atoms with van der Waals surface area (Å²) in [6.07, 6.45) is 3.41. The fourth-order valence-electron chi connectivity index (χ4n) is 3.43. The molecule has 0 spiro atoms. The second kappa shape index (κ2) is 8.26. The Bertz CT molecular complexity index is 1060.